The van der Waals surface area contributed by atoms with Gasteiger partial charge in [-0.2, -0.15) is 0 Å². The number of para-hydroxylation sites is 1. The van der Waals surface area contributed by atoms with E-state index in [9.17, 15) is 18.0 Å². The largest absolute Gasteiger partial charge is 0.454 e. The van der Waals surface area contributed by atoms with E-state index in [2.05, 4.69) is 9.71 Å². The molecule has 3 aromatic carbocycles. The highest BCUT2D eigenvalue weighted by atomic mass is 32.2. The Morgan fingerprint density at radius 3 is 2.66 bits per heavy atom. The van der Waals surface area contributed by atoms with Crippen LogP contribution in [0.5, 0.6) is 11.5 Å². The zero-order valence-electron chi connectivity index (χ0n) is 18.5. The minimum atomic E-state index is -4.02. The van der Waals surface area contributed by atoms with Crippen LogP contribution in [0.2, 0.25) is 0 Å². The summed E-state index contributed by atoms with van der Waals surface area (Å²) in [6.45, 7) is 1.54. The van der Waals surface area contributed by atoms with Crippen molar-refractivity contribution in [1.82, 2.24) is 4.98 Å². The molecule has 1 aliphatic heterocycles. The Balaban J connectivity index is 1.31. The molecule has 9 nitrogen and oxygen atoms in total. The van der Waals surface area contributed by atoms with E-state index < -0.39 is 22.1 Å². The van der Waals surface area contributed by atoms with E-state index in [1.54, 1.807) is 24.4 Å². The number of carbonyl (C=O) groups is 2. The summed E-state index contributed by atoms with van der Waals surface area (Å²) in [5.41, 5.74) is 1.48. The fourth-order valence-electron chi connectivity index (χ4n) is 3.74. The van der Waals surface area contributed by atoms with Gasteiger partial charge in [-0.3, -0.25) is 9.52 Å². The third-order valence-corrected chi connectivity index (χ3v) is 6.89. The third-order valence-electron chi connectivity index (χ3n) is 5.51. The van der Waals surface area contributed by atoms with E-state index in [4.69, 9.17) is 14.2 Å². The van der Waals surface area contributed by atoms with Crippen LogP contribution in [-0.4, -0.2) is 38.1 Å². The van der Waals surface area contributed by atoms with Crippen molar-refractivity contribution in [3.8, 4) is 11.5 Å². The van der Waals surface area contributed by atoms with Crippen LogP contribution in [-0.2, 0) is 14.8 Å². The predicted octanol–water partition coefficient (Wildman–Crippen LogP) is 4.13. The zero-order chi connectivity index (χ0) is 24.6. The SMILES string of the molecule is CC(OC(=O)c1cccc(S(=O)(=O)Nc2ccc3c(c2)OCO3)c1)C(=O)c1c[nH]c2ccccc12. The number of aromatic amines is 1. The number of Topliss-reactive ketones (excluding diaryl/α,β-unsaturated/α-hetero) is 1. The number of hydrogen-bond donors (Lipinski definition) is 2. The summed E-state index contributed by atoms with van der Waals surface area (Å²) in [6, 6.07) is 17.3. The average Bonchev–Trinajstić information content (AvgIpc) is 3.50. The number of nitrogens with one attached hydrogen (secondary N) is 2. The molecule has 0 bridgehead atoms. The van der Waals surface area contributed by atoms with Crippen LogP contribution < -0.4 is 14.2 Å². The number of anilines is 1. The smallest absolute Gasteiger partial charge is 0.338 e. The number of carbonyl (C=O) groups excluding carboxylic acids is 2. The number of hydrogen-bond acceptors (Lipinski definition) is 7. The maximum absolute atomic E-state index is 12.9. The number of ether oxygens (including phenoxy) is 3. The summed E-state index contributed by atoms with van der Waals surface area (Å²) < 4.78 is 44.1. The van der Waals surface area contributed by atoms with Gasteiger partial charge in [0.25, 0.3) is 10.0 Å². The Bertz CT molecular complexity index is 1560. The topological polar surface area (TPSA) is 124 Å². The first-order valence-electron chi connectivity index (χ1n) is 10.7. The van der Waals surface area contributed by atoms with Crippen LogP contribution in [0.15, 0.2) is 77.8 Å². The van der Waals surface area contributed by atoms with Gasteiger partial charge in [0.05, 0.1) is 16.1 Å². The molecular formula is C25H20N2O7S. The molecule has 2 heterocycles. The van der Waals surface area contributed by atoms with Gasteiger partial charge in [0.2, 0.25) is 12.6 Å². The molecule has 1 aliphatic rings. The monoisotopic (exact) mass is 492 g/mol. The summed E-state index contributed by atoms with van der Waals surface area (Å²) in [5.74, 6) is -0.236. The van der Waals surface area contributed by atoms with Gasteiger partial charge in [-0.15, -0.1) is 0 Å². The minimum Gasteiger partial charge on any atom is -0.454 e. The first-order valence-corrected chi connectivity index (χ1v) is 12.1. The first kappa shape index (κ1) is 22.5. The van der Waals surface area contributed by atoms with Crippen molar-refractivity contribution < 1.29 is 32.2 Å². The molecule has 0 aliphatic carbocycles. The van der Waals surface area contributed by atoms with Gasteiger partial charge < -0.3 is 19.2 Å². The van der Waals surface area contributed by atoms with E-state index >= 15 is 0 Å². The normalized spacial score (nSPS) is 13.4. The highest BCUT2D eigenvalue weighted by Gasteiger charge is 2.24. The van der Waals surface area contributed by atoms with Gasteiger partial charge in [-0.1, -0.05) is 24.3 Å². The lowest BCUT2D eigenvalue weighted by molar-refractivity contribution is 0.0319. The summed E-state index contributed by atoms with van der Waals surface area (Å²) in [5, 5.41) is 0.725. The number of rotatable bonds is 7. The van der Waals surface area contributed by atoms with Crippen molar-refractivity contribution in [2.45, 2.75) is 17.9 Å². The van der Waals surface area contributed by atoms with E-state index in [1.165, 1.54) is 37.3 Å². The Morgan fingerprint density at radius 2 is 1.80 bits per heavy atom. The molecule has 2 N–H and O–H groups in total. The van der Waals surface area contributed by atoms with Crippen molar-refractivity contribution in [1.29, 1.82) is 0 Å². The number of sulfonamides is 1. The molecule has 35 heavy (non-hydrogen) atoms. The van der Waals surface area contributed by atoms with Gasteiger partial charge in [-0.25, -0.2) is 13.2 Å². The Kier molecular flexibility index (Phi) is 5.65. The molecule has 0 amide bonds. The lowest BCUT2D eigenvalue weighted by Crippen LogP contribution is -2.24. The summed E-state index contributed by atoms with van der Waals surface area (Å²) in [7, 11) is -4.02. The van der Waals surface area contributed by atoms with E-state index in [0.717, 1.165) is 10.9 Å². The minimum absolute atomic E-state index is 0.00265. The molecule has 178 valence electrons. The molecule has 0 saturated heterocycles. The molecule has 5 rings (SSSR count). The van der Waals surface area contributed by atoms with Crippen LogP contribution in [0.25, 0.3) is 10.9 Å². The lowest BCUT2D eigenvalue weighted by Gasteiger charge is -2.13. The van der Waals surface area contributed by atoms with Gasteiger partial charge in [0, 0.05) is 28.7 Å². The fourth-order valence-corrected chi connectivity index (χ4v) is 4.84. The number of ketones is 1. The molecule has 1 atom stereocenters. The number of aromatic nitrogens is 1. The maximum Gasteiger partial charge on any atom is 0.338 e. The summed E-state index contributed by atoms with van der Waals surface area (Å²) in [4.78, 5) is 28.5. The standard InChI is InChI=1S/C25H20N2O7S/c1-15(24(28)20-13-26-21-8-3-2-7-19(20)21)34-25(29)16-5-4-6-18(11-16)35(30,31)27-17-9-10-22-23(12-17)33-14-32-22/h2-13,15,26-27H,14H2,1H3. The Hall–Kier alpha value is -4.31. The fraction of sp³-hybridized carbons (Fsp3) is 0.120. The second-order valence-electron chi connectivity index (χ2n) is 7.86. The lowest BCUT2D eigenvalue weighted by atomic mass is 10.1. The van der Waals surface area contributed by atoms with Crippen molar-refractivity contribution in [3.63, 3.8) is 0 Å². The predicted molar refractivity (Wildman–Crippen MR) is 127 cm³/mol. The molecule has 0 spiro atoms. The quantitative estimate of drug-likeness (QED) is 0.294. The van der Waals surface area contributed by atoms with Gasteiger partial charge >= 0.3 is 5.97 Å². The van der Waals surface area contributed by atoms with Crippen LogP contribution in [0.1, 0.15) is 27.6 Å². The third kappa shape index (κ3) is 4.43. The summed E-state index contributed by atoms with van der Waals surface area (Å²) in [6.07, 6.45) is 0.500. The van der Waals surface area contributed by atoms with Gasteiger partial charge in [0.15, 0.2) is 17.6 Å². The number of esters is 1. The van der Waals surface area contributed by atoms with Crippen molar-refractivity contribution >= 4 is 38.4 Å². The number of H-pyrrole nitrogens is 1. The second-order valence-corrected chi connectivity index (χ2v) is 9.54. The second kappa shape index (κ2) is 8.80. The van der Waals surface area contributed by atoms with E-state index in [1.807, 2.05) is 18.2 Å². The highest BCUT2D eigenvalue weighted by Crippen LogP contribution is 2.35. The molecular weight excluding hydrogens is 472 g/mol. The van der Waals surface area contributed by atoms with Crippen LogP contribution >= 0.6 is 0 Å². The molecule has 0 fully saturated rings. The molecule has 0 radical (unpaired) electrons. The van der Waals surface area contributed by atoms with Crippen molar-refractivity contribution in [2.24, 2.45) is 0 Å². The average molecular weight is 493 g/mol. The highest BCUT2D eigenvalue weighted by molar-refractivity contribution is 7.92. The number of benzene rings is 3. The molecule has 4 aromatic rings. The van der Waals surface area contributed by atoms with E-state index in [-0.39, 0.29) is 28.7 Å². The molecule has 10 heteroatoms. The maximum atomic E-state index is 12.9. The van der Waals surface area contributed by atoms with E-state index in [0.29, 0.717) is 17.1 Å². The molecule has 0 saturated carbocycles. The molecule has 1 unspecified atom stereocenters. The van der Waals surface area contributed by atoms with Gasteiger partial charge in [-0.05, 0) is 43.3 Å². The number of fused-ring (bicyclic) bond motifs is 2. The van der Waals surface area contributed by atoms with Gasteiger partial charge in [0.1, 0.15) is 0 Å². The van der Waals surface area contributed by atoms with Crippen LogP contribution in [0.4, 0.5) is 5.69 Å². The Labute approximate surface area is 200 Å². The van der Waals surface area contributed by atoms with Crippen molar-refractivity contribution in [2.75, 3.05) is 11.5 Å². The summed E-state index contributed by atoms with van der Waals surface area (Å²) >= 11 is 0. The first-order chi connectivity index (χ1) is 16.8. The van der Waals surface area contributed by atoms with Crippen molar-refractivity contribution in [3.05, 3.63) is 84.1 Å². The molecule has 1 aromatic heterocycles. The zero-order valence-corrected chi connectivity index (χ0v) is 19.3. The van der Waals surface area contributed by atoms with Crippen LogP contribution in [0, 0.1) is 0 Å². The van der Waals surface area contributed by atoms with Crippen LogP contribution in [0.3, 0.4) is 0 Å². The Morgan fingerprint density at radius 1 is 1.00 bits per heavy atom.